The molecule has 0 aromatic heterocycles. The van der Waals surface area contributed by atoms with Gasteiger partial charge in [-0.3, -0.25) is 13.9 Å². The van der Waals surface area contributed by atoms with Crippen molar-refractivity contribution in [2.24, 2.45) is 0 Å². The van der Waals surface area contributed by atoms with E-state index < -0.39 is 28.5 Å². The van der Waals surface area contributed by atoms with Crippen LogP contribution in [0.3, 0.4) is 0 Å². The lowest BCUT2D eigenvalue weighted by Crippen LogP contribution is -2.54. The highest BCUT2D eigenvalue weighted by Gasteiger charge is 2.37. The third-order valence-electron chi connectivity index (χ3n) is 9.24. The molecule has 4 aromatic carbocycles. The van der Waals surface area contributed by atoms with Crippen molar-refractivity contribution in [1.82, 2.24) is 10.2 Å². The van der Waals surface area contributed by atoms with Crippen molar-refractivity contribution in [3.8, 4) is 23.0 Å². The second-order valence-corrected chi connectivity index (χ2v) is 15.2. The number of ether oxygens (including phenoxy) is 4. The molecule has 2 amide bonds. The van der Waals surface area contributed by atoms with Crippen LogP contribution in [0.5, 0.6) is 23.0 Å². The van der Waals surface area contributed by atoms with Crippen molar-refractivity contribution in [1.29, 1.82) is 0 Å². The average Bonchev–Trinajstić information content (AvgIpc) is 3.68. The van der Waals surface area contributed by atoms with Gasteiger partial charge in [0.15, 0.2) is 11.5 Å². The minimum Gasteiger partial charge on any atom is -0.497 e. The van der Waals surface area contributed by atoms with Crippen LogP contribution >= 0.6 is 23.2 Å². The van der Waals surface area contributed by atoms with Crippen LogP contribution in [0.4, 0.5) is 5.69 Å². The average molecular weight is 785 g/mol. The molecule has 4 aromatic rings. The third-order valence-corrected chi connectivity index (χ3v) is 11.7. The van der Waals surface area contributed by atoms with Gasteiger partial charge in [0.1, 0.15) is 24.1 Å². The van der Waals surface area contributed by atoms with Gasteiger partial charge < -0.3 is 29.2 Å². The SMILES string of the molecule is COc1ccc(OC)c(N(CC(=O)N(Cc2c(Cl)cccc2Cl)C(Cc2ccccc2)C(=O)NC2CCCC2)S(=O)(=O)c2ccc(OC)c(OC)c2)c1. The minimum absolute atomic E-state index is 0.0285. The Labute approximate surface area is 320 Å². The molecule has 0 heterocycles. The largest absolute Gasteiger partial charge is 0.497 e. The van der Waals surface area contributed by atoms with E-state index in [0.717, 1.165) is 35.6 Å². The maximum Gasteiger partial charge on any atom is 0.265 e. The quantitative estimate of drug-likeness (QED) is 0.130. The predicted molar refractivity (Wildman–Crippen MR) is 205 cm³/mol. The van der Waals surface area contributed by atoms with Crippen LogP contribution in [0, 0.1) is 0 Å². The number of hydrogen-bond donors (Lipinski definition) is 1. The smallest absolute Gasteiger partial charge is 0.265 e. The van der Waals surface area contributed by atoms with Gasteiger partial charge in [0.25, 0.3) is 10.0 Å². The summed E-state index contributed by atoms with van der Waals surface area (Å²) >= 11 is 13.3. The van der Waals surface area contributed by atoms with Gasteiger partial charge in [-0.2, -0.15) is 0 Å². The van der Waals surface area contributed by atoms with E-state index in [2.05, 4.69) is 5.32 Å². The molecule has 1 fully saturated rings. The molecule has 0 saturated heterocycles. The number of halogens is 2. The maximum atomic E-state index is 15.0. The molecule has 1 aliphatic rings. The summed E-state index contributed by atoms with van der Waals surface area (Å²) in [4.78, 5) is 30.5. The van der Waals surface area contributed by atoms with Crippen LogP contribution in [0.2, 0.25) is 10.0 Å². The van der Waals surface area contributed by atoms with Gasteiger partial charge in [-0.1, -0.05) is 72.4 Å². The lowest BCUT2D eigenvalue weighted by atomic mass is 10.0. The monoisotopic (exact) mass is 783 g/mol. The van der Waals surface area contributed by atoms with E-state index in [1.54, 1.807) is 30.3 Å². The Morgan fingerprint density at radius 2 is 1.43 bits per heavy atom. The summed E-state index contributed by atoms with van der Waals surface area (Å²) in [6, 6.07) is 21.9. The maximum absolute atomic E-state index is 15.0. The van der Waals surface area contributed by atoms with Gasteiger partial charge in [-0.05, 0) is 54.8 Å². The lowest BCUT2D eigenvalue weighted by Gasteiger charge is -2.35. The second-order valence-electron chi connectivity index (χ2n) is 12.5. The Bertz CT molecular complexity index is 1990. The van der Waals surface area contributed by atoms with Crippen LogP contribution < -0.4 is 28.6 Å². The number of carbonyl (C=O) groups excluding carboxylic acids is 2. The number of benzene rings is 4. The molecule has 1 N–H and O–H groups in total. The zero-order chi connectivity index (χ0) is 38.1. The van der Waals surface area contributed by atoms with Crippen LogP contribution in [-0.2, 0) is 32.6 Å². The molecule has 0 bridgehead atoms. The highest BCUT2D eigenvalue weighted by molar-refractivity contribution is 7.92. The van der Waals surface area contributed by atoms with E-state index in [1.165, 1.54) is 57.6 Å². The Hall–Kier alpha value is -4.65. The highest BCUT2D eigenvalue weighted by atomic mass is 35.5. The Morgan fingerprint density at radius 1 is 0.792 bits per heavy atom. The molecule has 1 atom stereocenters. The number of sulfonamides is 1. The summed E-state index contributed by atoms with van der Waals surface area (Å²) in [6.45, 7) is -0.934. The van der Waals surface area contributed by atoms with E-state index >= 15 is 4.79 Å². The van der Waals surface area contributed by atoms with Crippen LogP contribution in [0.15, 0.2) is 89.8 Å². The summed E-state index contributed by atoms with van der Waals surface area (Å²) in [7, 11) is 1.11. The van der Waals surface area contributed by atoms with Gasteiger partial charge in [0, 0.05) is 46.7 Å². The van der Waals surface area contributed by atoms with E-state index in [-0.39, 0.29) is 57.0 Å². The van der Waals surface area contributed by atoms with Gasteiger partial charge in [0.2, 0.25) is 11.8 Å². The standard InChI is InChI=1S/C39H43Cl2N3O8S/c1-49-28-17-19-35(50-2)33(22-28)44(53(47,48)29-18-20-36(51-3)37(23-29)52-4)25-38(45)43(24-30-31(40)15-10-16-32(30)41)34(21-26-11-6-5-7-12-26)39(46)42-27-13-8-9-14-27/h5-7,10-12,15-20,22-23,27,34H,8-9,13-14,21,24-25H2,1-4H3,(H,42,46). The van der Waals surface area contributed by atoms with E-state index in [0.29, 0.717) is 17.1 Å². The van der Waals surface area contributed by atoms with E-state index in [9.17, 15) is 13.2 Å². The summed E-state index contributed by atoms with van der Waals surface area (Å²) < 4.78 is 52.3. The molecule has 14 heteroatoms. The molecule has 11 nitrogen and oxygen atoms in total. The van der Waals surface area contributed by atoms with Crippen LogP contribution in [0.1, 0.15) is 36.8 Å². The molecular formula is C39H43Cl2N3O8S. The first-order chi connectivity index (χ1) is 25.5. The van der Waals surface area contributed by atoms with Gasteiger partial charge in [-0.15, -0.1) is 0 Å². The van der Waals surface area contributed by atoms with Crippen molar-refractivity contribution in [2.45, 2.75) is 55.6 Å². The van der Waals surface area contributed by atoms with Crippen molar-refractivity contribution in [2.75, 3.05) is 39.3 Å². The molecule has 0 spiro atoms. The summed E-state index contributed by atoms with van der Waals surface area (Å²) in [6.07, 6.45) is 3.75. The minimum atomic E-state index is -4.55. The number of rotatable bonds is 16. The number of methoxy groups -OCH3 is 4. The van der Waals surface area contributed by atoms with Crippen molar-refractivity contribution in [3.63, 3.8) is 0 Å². The van der Waals surface area contributed by atoms with E-state index in [1.807, 2.05) is 30.3 Å². The fraction of sp³-hybridized carbons (Fsp3) is 0.333. The van der Waals surface area contributed by atoms with Crippen molar-refractivity contribution < 1.29 is 37.0 Å². The molecule has 0 radical (unpaired) electrons. The molecule has 1 unspecified atom stereocenters. The Kier molecular flexibility index (Phi) is 13.4. The predicted octanol–water partition coefficient (Wildman–Crippen LogP) is 6.92. The molecule has 1 saturated carbocycles. The molecule has 53 heavy (non-hydrogen) atoms. The Balaban J connectivity index is 1.67. The number of nitrogens with zero attached hydrogens (tertiary/aromatic N) is 2. The zero-order valence-electron chi connectivity index (χ0n) is 30.0. The van der Waals surface area contributed by atoms with Crippen molar-refractivity contribution in [3.05, 3.63) is 106 Å². The fourth-order valence-corrected chi connectivity index (χ4v) is 8.33. The summed E-state index contributed by atoms with van der Waals surface area (Å²) in [5.41, 5.74) is 1.23. The first-order valence-electron chi connectivity index (χ1n) is 17.0. The number of amides is 2. The molecular weight excluding hydrogens is 741 g/mol. The Morgan fingerprint density at radius 3 is 2.06 bits per heavy atom. The fourth-order valence-electron chi connectivity index (χ4n) is 6.38. The number of anilines is 1. The summed E-state index contributed by atoms with van der Waals surface area (Å²) in [5.74, 6) is -0.115. The molecule has 5 rings (SSSR count). The lowest BCUT2D eigenvalue weighted by molar-refractivity contribution is -0.140. The molecule has 1 aliphatic carbocycles. The highest BCUT2D eigenvalue weighted by Crippen LogP contribution is 2.38. The number of carbonyl (C=O) groups is 2. The first-order valence-corrected chi connectivity index (χ1v) is 19.2. The van der Waals surface area contributed by atoms with Gasteiger partial charge >= 0.3 is 0 Å². The molecule has 282 valence electrons. The van der Waals surface area contributed by atoms with Gasteiger partial charge in [-0.25, -0.2) is 8.42 Å². The first kappa shape index (κ1) is 39.6. The topological polar surface area (TPSA) is 124 Å². The van der Waals surface area contributed by atoms with Gasteiger partial charge in [0.05, 0.1) is 39.0 Å². The second kappa shape index (κ2) is 17.9. The summed E-state index contributed by atoms with van der Waals surface area (Å²) in [5, 5.41) is 3.73. The number of nitrogens with one attached hydrogen (secondary N) is 1. The number of hydrogen-bond acceptors (Lipinski definition) is 8. The van der Waals surface area contributed by atoms with E-state index in [4.69, 9.17) is 42.1 Å². The van der Waals surface area contributed by atoms with Crippen molar-refractivity contribution >= 4 is 50.7 Å². The van der Waals surface area contributed by atoms with Crippen LogP contribution in [-0.4, -0.2) is 72.2 Å². The normalized spacial score (nSPS) is 13.5. The molecule has 0 aliphatic heterocycles. The van der Waals surface area contributed by atoms with Crippen LogP contribution in [0.25, 0.3) is 0 Å². The third kappa shape index (κ3) is 9.30. The zero-order valence-corrected chi connectivity index (χ0v) is 32.3.